The maximum atomic E-state index is 10.8. The van der Waals surface area contributed by atoms with E-state index in [1.807, 2.05) is 0 Å². The number of carbonyl (C=O) groups is 2. The van der Waals surface area contributed by atoms with Crippen LogP contribution in [0.5, 0.6) is 0 Å². The summed E-state index contributed by atoms with van der Waals surface area (Å²) in [5, 5.41) is 17.6. The van der Waals surface area contributed by atoms with Crippen molar-refractivity contribution in [3.8, 4) is 0 Å². The van der Waals surface area contributed by atoms with E-state index < -0.39 is 23.3 Å². The van der Waals surface area contributed by atoms with Gasteiger partial charge in [-0.1, -0.05) is 20.8 Å². The fourth-order valence-corrected chi connectivity index (χ4v) is 1.30. The first kappa shape index (κ1) is 15.4. The molecule has 0 fully saturated rings. The van der Waals surface area contributed by atoms with Crippen molar-refractivity contribution in [3.63, 3.8) is 0 Å². The number of hydrogen-bond donors (Lipinski definition) is 2. The second-order valence-corrected chi connectivity index (χ2v) is 3.09. The topological polar surface area (TPSA) is 74.6 Å². The molecule has 0 saturated carbocycles. The summed E-state index contributed by atoms with van der Waals surface area (Å²) in [6.07, 6.45) is 0.106. The Hall–Kier alpha value is -0.0600. The first-order chi connectivity index (χ1) is 5.39. The van der Waals surface area contributed by atoms with E-state index in [4.69, 9.17) is 10.2 Å². The third-order valence-corrected chi connectivity index (χ3v) is 2.31. The number of carboxylic acids is 2. The molecule has 0 heterocycles. The Kier molecular flexibility index (Phi) is 6.67. The van der Waals surface area contributed by atoms with Crippen LogP contribution in [0.3, 0.4) is 0 Å². The monoisotopic (exact) mass is 198 g/mol. The maximum absolute atomic E-state index is 10.8. The van der Waals surface area contributed by atoms with Crippen molar-refractivity contribution in [1.82, 2.24) is 0 Å². The van der Waals surface area contributed by atoms with Crippen molar-refractivity contribution in [3.05, 3.63) is 0 Å². The molecule has 0 radical (unpaired) electrons. The van der Waals surface area contributed by atoms with Gasteiger partial charge in [-0.05, 0) is 12.3 Å². The average Bonchev–Trinajstić information content (AvgIpc) is 1.86. The van der Waals surface area contributed by atoms with Crippen LogP contribution in [-0.2, 0) is 9.59 Å². The zero-order chi connectivity index (χ0) is 9.94. The van der Waals surface area contributed by atoms with Crippen LogP contribution in [0.1, 0.15) is 27.2 Å². The van der Waals surface area contributed by atoms with Crippen molar-refractivity contribution in [1.29, 1.82) is 0 Å². The Morgan fingerprint density at radius 2 is 1.54 bits per heavy atom. The van der Waals surface area contributed by atoms with Crippen molar-refractivity contribution < 1.29 is 19.8 Å². The number of aliphatic carboxylic acids is 2. The predicted octanol–water partition coefficient (Wildman–Crippen LogP) is 0.559. The van der Waals surface area contributed by atoms with E-state index >= 15 is 0 Å². The fourth-order valence-electron chi connectivity index (χ4n) is 1.30. The van der Waals surface area contributed by atoms with Crippen molar-refractivity contribution in [2.45, 2.75) is 27.2 Å². The summed E-state index contributed by atoms with van der Waals surface area (Å²) in [6.45, 7) is 4.78. The van der Waals surface area contributed by atoms with Crippen LogP contribution in [0.25, 0.3) is 0 Å². The summed E-state index contributed by atoms with van der Waals surface area (Å²) < 4.78 is 0. The summed E-state index contributed by atoms with van der Waals surface area (Å²) in [4.78, 5) is 21.5. The standard InChI is InChI=1S/C8H14O4.Na.H/c1-4-8(5(2)3,6(9)10)7(11)12;;/h5H,4H2,1-3H3,(H,9,10)(H,11,12);;. The molecule has 0 bridgehead atoms. The van der Waals surface area contributed by atoms with Crippen LogP contribution < -0.4 is 0 Å². The predicted molar refractivity (Wildman–Crippen MR) is 50.0 cm³/mol. The zero-order valence-electron chi connectivity index (χ0n) is 7.50. The molecule has 0 atom stereocenters. The first-order valence-electron chi connectivity index (χ1n) is 3.86. The van der Waals surface area contributed by atoms with Crippen LogP contribution in [-0.4, -0.2) is 51.7 Å². The average molecular weight is 198 g/mol. The quantitative estimate of drug-likeness (QED) is 0.511. The van der Waals surface area contributed by atoms with Crippen molar-refractivity contribution >= 4 is 41.5 Å². The van der Waals surface area contributed by atoms with Crippen LogP contribution in [0.15, 0.2) is 0 Å². The molecule has 0 aromatic carbocycles. The molecule has 0 aliphatic carbocycles. The molecule has 0 unspecified atom stereocenters. The van der Waals surface area contributed by atoms with Gasteiger partial charge < -0.3 is 10.2 Å². The number of rotatable bonds is 4. The molecule has 4 nitrogen and oxygen atoms in total. The molecular weight excluding hydrogens is 183 g/mol. The van der Waals surface area contributed by atoms with Gasteiger partial charge in [0.25, 0.3) is 0 Å². The van der Waals surface area contributed by atoms with E-state index in [0.29, 0.717) is 0 Å². The SMILES string of the molecule is CCC(C(=O)O)(C(=O)O)C(C)C.[NaH]. The Balaban J connectivity index is 0. The van der Waals surface area contributed by atoms with Gasteiger partial charge in [0.05, 0.1) is 0 Å². The second-order valence-electron chi connectivity index (χ2n) is 3.09. The van der Waals surface area contributed by atoms with E-state index in [-0.39, 0.29) is 36.0 Å². The van der Waals surface area contributed by atoms with Crippen LogP contribution in [0.2, 0.25) is 0 Å². The van der Waals surface area contributed by atoms with Gasteiger partial charge in [0, 0.05) is 0 Å². The number of hydrogen-bond acceptors (Lipinski definition) is 2. The van der Waals surface area contributed by atoms with Gasteiger partial charge in [0.2, 0.25) is 0 Å². The molecule has 0 rings (SSSR count). The normalized spacial score (nSPS) is 10.8. The summed E-state index contributed by atoms with van der Waals surface area (Å²) in [5.41, 5.74) is -1.63. The molecule has 2 N–H and O–H groups in total. The molecule has 13 heavy (non-hydrogen) atoms. The molecule has 0 aromatic heterocycles. The molecule has 0 aliphatic heterocycles. The van der Waals surface area contributed by atoms with Gasteiger partial charge >= 0.3 is 41.5 Å². The summed E-state index contributed by atoms with van der Waals surface area (Å²) >= 11 is 0. The van der Waals surface area contributed by atoms with Gasteiger partial charge in [-0.15, -0.1) is 0 Å². The van der Waals surface area contributed by atoms with Crippen LogP contribution in [0.4, 0.5) is 0 Å². The molecule has 0 aromatic rings. The summed E-state index contributed by atoms with van der Waals surface area (Å²) in [6, 6.07) is 0. The van der Waals surface area contributed by atoms with Crippen molar-refractivity contribution in [2.24, 2.45) is 11.3 Å². The van der Waals surface area contributed by atoms with E-state index in [1.54, 1.807) is 20.8 Å². The second kappa shape index (κ2) is 5.62. The number of carboxylic acid groups (broad SMARTS) is 2. The molecule has 0 spiro atoms. The van der Waals surface area contributed by atoms with E-state index in [0.717, 1.165) is 0 Å². The summed E-state index contributed by atoms with van der Waals surface area (Å²) in [7, 11) is 0. The molecule has 0 saturated heterocycles. The Bertz CT molecular complexity index is 186. The Morgan fingerprint density at radius 3 is 1.54 bits per heavy atom. The molecule has 0 amide bonds. The minimum absolute atomic E-state index is 0. The Labute approximate surface area is 99.6 Å². The molecule has 5 heteroatoms. The van der Waals surface area contributed by atoms with Gasteiger partial charge in [-0.2, -0.15) is 0 Å². The van der Waals surface area contributed by atoms with Gasteiger partial charge in [-0.3, -0.25) is 9.59 Å². The third-order valence-electron chi connectivity index (χ3n) is 2.31. The summed E-state index contributed by atoms with van der Waals surface area (Å²) in [5.74, 6) is -2.92. The van der Waals surface area contributed by atoms with E-state index in [1.165, 1.54) is 0 Å². The van der Waals surface area contributed by atoms with E-state index in [9.17, 15) is 9.59 Å². The molecular formula is C8H15NaO4. The third kappa shape index (κ3) is 2.69. The first-order valence-corrected chi connectivity index (χ1v) is 3.86. The zero-order valence-corrected chi connectivity index (χ0v) is 7.50. The van der Waals surface area contributed by atoms with Gasteiger partial charge in [-0.25, -0.2) is 0 Å². The minimum atomic E-state index is -1.63. The molecule has 0 aliphatic rings. The molecule has 72 valence electrons. The van der Waals surface area contributed by atoms with E-state index in [2.05, 4.69) is 0 Å². The van der Waals surface area contributed by atoms with Crippen LogP contribution in [0, 0.1) is 11.3 Å². The van der Waals surface area contributed by atoms with Crippen molar-refractivity contribution in [2.75, 3.05) is 0 Å². The van der Waals surface area contributed by atoms with Gasteiger partial charge in [0.15, 0.2) is 5.41 Å². The van der Waals surface area contributed by atoms with Gasteiger partial charge in [0.1, 0.15) is 0 Å². The van der Waals surface area contributed by atoms with Crippen LogP contribution >= 0.6 is 0 Å². The Morgan fingerprint density at radius 1 is 1.23 bits per heavy atom. The fraction of sp³-hybridized carbons (Fsp3) is 0.750.